The molecule has 1 N–H and O–H groups in total. The van der Waals surface area contributed by atoms with E-state index >= 15 is 0 Å². The fourth-order valence-electron chi connectivity index (χ4n) is 3.60. The van der Waals surface area contributed by atoms with Crippen molar-refractivity contribution < 1.29 is 13.9 Å². The topological polar surface area (TPSA) is 61.2 Å². The van der Waals surface area contributed by atoms with Gasteiger partial charge in [0.1, 0.15) is 0 Å². The number of pyridine rings is 1. The zero-order valence-corrected chi connectivity index (χ0v) is 19.2. The standard InChI is InChI=1S/C25H24ClFN4O2/c1-16(28-12-19-5-4-6-24(33-3)25(19)27)21-14-31(30-23(21)15-32-2)13-17-9-18-7-8-20(26)10-22(18)29-11-17/h4-11,14,28H,1,12-13,15H2,2-3H3. The third-order valence-corrected chi connectivity index (χ3v) is 5.48. The van der Waals surface area contributed by atoms with Gasteiger partial charge in [0.15, 0.2) is 11.6 Å². The average molecular weight is 467 g/mol. The number of hydrogen-bond acceptors (Lipinski definition) is 5. The summed E-state index contributed by atoms with van der Waals surface area (Å²) in [6.07, 6.45) is 3.71. The molecule has 2 aromatic carbocycles. The number of nitrogens with zero attached hydrogens (tertiary/aromatic N) is 3. The normalized spacial score (nSPS) is 11.0. The molecule has 0 bridgehead atoms. The van der Waals surface area contributed by atoms with Crippen LogP contribution in [-0.2, 0) is 24.4 Å². The quantitative estimate of drug-likeness (QED) is 0.368. The van der Waals surface area contributed by atoms with E-state index in [0.717, 1.165) is 27.7 Å². The number of ether oxygens (including phenoxy) is 2. The summed E-state index contributed by atoms with van der Waals surface area (Å²) in [6, 6.07) is 12.7. The van der Waals surface area contributed by atoms with E-state index in [1.807, 2.05) is 35.3 Å². The molecule has 4 aromatic rings. The molecule has 0 saturated heterocycles. The van der Waals surface area contributed by atoms with Crippen molar-refractivity contribution >= 4 is 28.2 Å². The van der Waals surface area contributed by atoms with Crippen LogP contribution in [0.3, 0.4) is 0 Å². The zero-order valence-electron chi connectivity index (χ0n) is 18.4. The van der Waals surface area contributed by atoms with Gasteiger partial charge in [-0.3, -0.25) is 9.67 Å². The molecule has 0 aliphatic rings. The van der Waals surface area contributed by atoms with Crippen molar-refractivity contribution in [1.29, 1.82) is 0 Å². The highest BCUT2D eigenvalue weighted by Gasteiger charge is 2.14. The first-order chi connectivity index (χ1) is 16.0. The fraction of sp³-hybridized carbons (Fsp3) is 0.200. The van der Waals surface area contributed by atoms with E-state index in [1.165, 1.54) is 7.11 Å². The van der Waals surface area contributed by atoms with Crippen LogP contribution in [0.2, 0.25) is 5.02 Å². The van der Waals surface area contributed by atoms with Gasteiger partial charge in [0.25, 0.3) is 0 Å². The number of nitrogens with one attached hydrogen (secondary N) is 1. The SMILES string of the molecule is C=C(NCc1cccc(OC)c1F)c1cn(Cc2cnc3cc(Cl)ccc3c2)nc1COC. The van der Waals surface area contributed by atoms with Crippen LogP contribution in [0.25, 0.3) is 16.6 Å². The number of rotatable bonds is 9. The number of aromatic nitrogens is 3. The van der Waals surface area contributed by atoms with Crippen LogP contribution in [0.4, 0.5) is 4.39 Å². The highest BCUT2D eigenvalue weighted by molar-refractivity contribution is 6.31. The molecule has 8 heteroatoms. The van der Waals surface area contributed by atoms with Gasteiger partial charge in [-0.25, -0.2) is 4.39 Å². The highest BCUT2D eigenvalue weighted by Crippen LogP contribution is 2.23. The number of methoxy groups -OCH3 is 2. The van der Waals surface area contributed by atoms with E-state index in [0.29, 0.717) is 29.4 Å². The Morgan fingerprint density at radius 1 is 1.21 bits per heavy atom. The summed E-state index contributed by atoms with van der Waals surface area (Å²) in [5.41, 5.74) is 4.50. The molecular formula is C25H24ClFN4O2. The van der Waals surface area contributed by atoms with Crippen LogP contribution >= 0.6 is 11.6 Å². The molecule has 0 saturated carbocycles. The summed E-state index contributed by atoms with van der Waals surface area (Å²) in [5.74, 6) is -0.183. The second kappa shape index (κ2) is 10.0. The Bertz CT molecular complexity index is 1310. The van der Waals surface area contributed by atoms with Gasteiger partial charge in [-0.15, -0.1) is 0 Å². The van der Waals surface area contributed by atoms with Gasteiger partial charge in [0, 0.05) is 53.3 Å². The van der Waals surface area contributed by atoms with Crippen molar-refractivity contribution in [2.24, 2.45) is 0 Å². The van der Waals surface area contributed by atoms with Crippen molar-refractivity contribution in [1.82, 2.24) is 20.1 Å². The van der Waals surface area contributed by atoms with Gasteiger partial charge in [-0.2, -0.15) is 5.10 Å². The minimum atomic E-state index is -0.391. The van der Waals surface area contributed by atoms with E-state index in [-0.39, 0.29) is 12.3 Å². The van der Waals surface area contributed by atoms with Gasteiger partial charge in [-0.1, -0.05) is 36.4 Å². The molecule has 4 rings (SSSR count). The Balaban J connectivity index is 1.52. The Kier molecular flexibility index (Phi) is 6.91. The summed E-state index contributed by atoms with van der Waals surface area (Å²) in [5, 5.41) is 9.51. The van der Waals surface area contributed by atoms with Crippen molar-refractivity contribution in [3.05, 3.63) is 94.7 Å². The van der Waals surface area contributed by atoms with Gasteiger partial charge in [0.2, 0.25) is 0 Å². The van der Waals surface area contributed by atoms with Crippen LogP contribution in [0.5, 0.6) is 5.75 Å². The summed E-state index contributed by atoms with van der Waals surface area (Å²) in [6.45, 7) is 5.24. The maximum Gasteiger partial charge on any atom is 0.170 e. The lowest BCUT2D eigenvalue weighted by Gasteiger charge is -2.11. The van der Waals surface area contributed by atoms with Crippen LogP contribution in [0, 0.1) is 5.82 Å². The average Bonchev–Trinajstić information content (AvgIpc) is 3.20. The number of hydrogen-bond donors (Lipinski definition) is 1. The molecule has 0 radical (unpaired) electrons. The predicted octanol–water partition coefficient (Wildman–Crippen LogP) is 5.19. The molecule has 0 unspecified atom stereocenters. The summed E-state index contributed by atoms with van der Waals surface area (Å²) in [4.78, 5) is 4.50. The Hall–Kier alpha value is -3.42. The molecule has 6 nitrogen and oxygen atoms in total. The monoisotopic (exact) mass is 466 g/mol. The molecule has 170 valence electrons. The summed E-state index contributed by atoms with van der Waals surface area (Å²) < 4.78 is 26.7. The van der Waals surface area contributed by atoms with Crippen LogP contribution in [0.1, 0.15) is 22.4 Å². The molecular weight excluding hydrogens is 443 g/mol. The van der Waals surface area contributed by atoms with E-state index in [1.54, 1.807) is 25.3 Å². The van der Waals surface area contributed by atoms with Crippen molar-refractivity contribution in [2.75, 3.05) is 14.2 Å². The molecule has 33 heavy (non-hydrogen) atoms. The second-order valence-electron chi connectivity index (χ2n) is 7.57. The van der Waals surface area contributed by atoms with Crippen molar-refractivity contribution in [3.63, 3.8) is 0 Å². The minimum absolute atomic E-state index is 0.207. The Morgan fingerprint density at radius 2 is 2.06 bits per heavy atom. The minimum Gasteiger partial charge on any atom is -0.494 e. The number of benzene rings is 2. The highest BCUT2D eigenvalue weighted by atomic mass is 35.5. The third kappa shape index (κ3) is 5.16. The maximum absolute atomic E-state index is 14.5. The Labute approximate surface area is 196 Å². The maximum atomic E-state index is 14.5. The van der Waals surface area contributed by atoms with E-state index in [4.69, 9.17) is 21.1 Å². The lowest BCUT2D eigenvalue weighted by Crippen LogP contribution is -2.13. The Morgan fingerprint density at radius 3 is 2.85 bits per heavy atom. The van der Waals surface area contributed by atoms with Crippen molar-refractivity contribution in [2.45, 2.75) is 19.7 Å². The van der Waals surface area contributed by atoms with Crippen molar-refractivity contribution in [3.8, 4) is 5.75 Å². The molecule has 0 amide bonds. The molecule has 0 aliphatic carbocycles. The molecule has 2 heterocycles. The van der Waals surface area contributed by atoms with Gasteiger partial charge >= 0.3 is 0 Å². The smallest absolute Gasteiger partial charge is 0.170 e. The lowest BCUT2D eigenvalue weighted by molar-refractivity contribution is 0.180. The largest absolute Gasteiger partial charge is 0.494 e. The van der Waals surface area contributed by atoms with E-state index in [9.17, 15) is 4.39 Å². The molecule has 0 fully saturated rings. The second-order valence-corrected chi connectivity index (χ2v) is 8.00. The molecule has 0 spiro atoms. The summed E-state index contributed by atoms with van der Waals surface area (Å²) in [7, 11) is 3.06. The molecule has 2 aromatic heterocycles. The zero-order chi connectivity index (χ0) is 23.4. The third-order valence-electron chi connectivity index (χ3n) is 5.25. The van der Waals surface area contributed by atoms with Gasteiger partial charge < -0.3 is 14.8 Å². The first kappa shape index (κ1) is 22.8. The van der Waals surface area contributed by atoms with Crippen LogP contribution < -0.4 is 10.1 Å². The molecule has 0 aliphatic heterocycles. The number of halogens is 2. The first-order valence-electron chi connectivity index (χ1n) is 10.3. The van der Waals surface area contributed by atoms with Gasteiger partial charge in [0.05, 0.1) is 31.5 Å². The first-order valence-corrected chi connectivity index (χ1v) is 10.7. The van der Waals surface area contributed by atoms with E-state index in [2.05, 4.69) is 28.0 Å². The van der Waals surface area contributed by atoms with Crippen LogP contribution in [0.15, 0.2) is 61.4 Å². The van der Waals surface area contributed by atoms with Gasteiger partial charge in [-0.05, 0) is 29.8 Å². The molecule has 0 atom stereocenters. The number of fused-ring (bicyclic) bond motifs is 1. The summed E-state index contributed by atoms with van der Waals surface area (Å²) >= 11 is 6.05. The van der Waals surface area contributed by atoms with E-state index < -0.39 is 5.82 Å². The van der Waals surface area contributed by atoms with Crippen LogP contribution in [-0.4, -0.2) is 29.0 Å². The predicted molar refractivity (Wildman–Crippen MR) is 128 cm³/mol. The lowest BCUT2D eigenvalue weighted by atomic mass is 10.1. The fourth-order valence-corrected chi connectivity index (χ4v) is 3.77.